The molecule has 1 aromatic carbocycles. The van der Waals surface area contributed by atoms with Gasteiger partial charge < -0.3 is 5.32 Å². The van der Waals surface area contributed by atoms with E-state index in [2.05, 4.69) is 5.32 Å². The van der Waals surface area contributed by atoms with Gasteiger partial charge in [-0.15, -0.1) is 0 Å². The summed E-state index contributed by atoms with van der Waals surface area (Å²) in [5, 5.41) is 2.75. The molecule has 0 aromatic heterocycles. The smallest absolute Gasteiger partial charge is 0.380 e. The molecule has 0 bridgehead atoms. The molecule has 1 aromatic rings. The Labute approximate surface area is 111 Å². The number of nitrogens with one attached hydrogen (secondary N) is 1. The van der Waals surface area contributed by atoms with Gasteiger partial charge in [0.15, 0.2) is 0 Å². The lowest BCUT2D eigenvalue weighted by molar-refractivity contribution is -0.136. The van der Waals surface area contributed by atoms with E-state index in [4.69, 9.17) is 34.8 Å². The summed E-state index contributed by atoms with van der Waals surface area (Å²) < 4.78 is 38.0. The zero-order valence-corrected chi connectivity index (χ0v) is 10.6. The third kappa shape index (κ3) is 4.30. The maximum atomic E-state index is 12.7. The minimum atomic E-state index is -4.48. The highest BCUT2D eigenvalue weighted by molar-refractivity contribution is 6.36. The molecule has 0 aliphatic carbocycles. The van der Waals surface area contributed by atoms with Gasteiger partial charge in [-0.25, -0.2) is 0 Å². The lowest BCUT2D eigenvalue weighted by Crippen LogP contribution is -2.11. The molecule has 1 N–H and O–H groups in total. The van der Waals surface area contributed by atoms with Gasteiger partial charge in [0.2, 0.25) is 0 Å². The minimum absolute atomic E-state index is 0.00969. The van der Waals surface area contributed by atoms with Gasteiger partial charge in [0.1, 0.15) is 0 Å². The first-order chi connectivity index (χ1) is 7.84. The van der Waals surface area contributed by atoms with E-state index in [1.807, 2.05) is 0 Å². The number of halogens is 6. The molecule has 0 aliphatic heterocycles. The van der Waals surface area contributed by atoms with Crippen LogP contribution in [0.2, 0.25) is 5.02 Å². The van der Waals surface area contributed by atoms with Gasteiger partial charge in [-0.05, 0) is 18.2 Å². The van der Waals surface area contributed by atoms with Crippen LogP contribution >= 0.6 is 34.8 Å². The fraction of sp³-hybridized carbons (Fsp3) is 0.200. The molecule has 0 saturated carbocycles. The van der Waals surface area contributed by atoms with Crippen LogP contribution in [0.15, 0.2) is 28.8 Å². The van der Waals surface area contributed by atoms with Crippen LogP contribution in [0.4, 0.5) is 18.9 Å². The highest BCUT2D eigenvalue weighted by Crippen LogP contribution is 2.36. The summed E-state index contributed by atoms with van der Waals surface area (Å²) in [6.45, 7) is 0.00969. The quantitative estimate of drug-likeness (QED) is 0.820. The summed E-state index contributed by atoms with van der Waals surface area (Å²) in [4.78, 5) is 0. The van der Waals surface area contributed by atoms with Gasteiger partial charge in [-0.3, -0.25) is 0 Å². The fourth-order valence-corrected chi connectivity index (χ4v) is 1.44. The van der Waals surface area contributed by atoms with Crippen molar-refractivity contribution < 1.29 is 13.2 Å². The predicted molar refractivity (Wildman–Crippen MR) is 64.7 cm³/mol. The lowest BCUT2D eigenvalue weighted by Gasteiger charge is -2.14. The monoisotopic (exact) mass is 303 g/mol. The maximum Gasteiger partial charge on any atom is 0.418 e. The standard InChI is InChI=1S/C10H7Cl3F3N/c11-4-7(13)5-17-9-2-1-6(12)3-8(9)10(14,15)16/h1-4,17H,5H2. The molecule has 94 valence electrons. The summed E-state index contributed by atoms with van der Waals surface area (Å²) in [5.74, 6) is 0. The molecule has 0 atom stereocenters. The van der Waals surface area contributed by atoms with Gasteiger partial charge in [-0.2, -0.15) is 13.2 Å². The third-order valence-electron chi connectivity index (χ3n) is 1.85. The highest BCUT2D eigenvalue weighted by Gasteiger charge is 2.33. The van der Waals surface area contributed by atoms with Crippen molar-refractivity contribution in [2.24, 2.45) is 0 Å². The van der Waals surface area contributed by atoms with Gasteiger partial charge in [0.05, 0.1) is 12.1 Å². The first-order valence-electron chi connectivity index (χ1n) is 4.40. The van der Waals surface area contributed by atoms with E-state index < -0.39 is 11.7 Å². The Morgan fingerprint density at radius 2 is 2.00 bits per heavy atom. The summed E-state index contributed by atoms with van der Waals surface area (Å²) in [6.07, 6.45) is -4.48. The molecule has 0 aliphatic rings. The average molecular weight is 305 g/mol. The summed E-state index contributed by atoms with van der Waals surface area (Å²) >= 11 is 16.4. The van der Waals surface area contributed by atoms with Crippen LogP contribution in [0.3, 0.4) is 0 Å². The van der Waals surface area contributed by atoms with E-state index in [9.17, 15) is 13.2 Å². The Morgan fingerprint density at radius 1 is 1.35 bits per heavy atom. The number of rotatable bonds is 3. The van der Waals surface area contributed by atoms with E-state index in [1.54, 1.807) is 0 Å². The van der Waals surface area contributed by atoms with Crippen molar-refractivity contribution in [1.29, 1.82) is 0 Å². The first kappa shape index (κ1) is 14.5. The maximum absolute atomic E-state index is 12.7. The third-order valence-corrected chi connectivity index (χ3v) is 2.71. The minimum Gasteiger partial charge on any atom is -0.380 e. The Kier molecular flexibility index (Phi) is 4.98. The van der Waals surface area contributed by atoms with E-state index in [-0.39, 0.29) is 22.3 Å². The molecule has 0 saturated heterocycles. The molecule has 0 heterocycles. The zero-order chi connectivity index (χ0) is 13.1. The molecule has 0 unspecified atom stereocenters. The van der Waals surface area contributed by atoms with E-state index in [1.165, 1.54) is 12.1 Å². The highest BCUT2D eigenvalue weighted by atomic mass is 35.5. The van der Waals surface area contributed by atoms with Crippen LogP contribution < -0.4 is 5.32 Å². The molecular formula is C10H7Cl3F3N. The van der Waals surface area contributed by atoms with Crippen LogP contribution in [0.5, 0.6) is 0 Å². The molecule has 17 heavy (non-hydrogen) atoms. The molecule has 1 nitrogen and oxygen atoms in total. The van der Waals surface area contributed by atoms with E-state index in [0.717, 1.165) is 11.6 Å². The van der Waals surface area contributed by atoms with Crippen LogP contribution in [-0.2, 0) is 6.18 Å². The van der Waals surface area contributed by atoms with Crippen molar-refractivity contribution in [3.63, 3.8) is 0 Å². The second kappa shape index (κ2) is 5.85. The SMILES string of the molecule is FC(F)(F)c1cc(Cl)ccc1NCC(Cl)=CCl. The normalized spacial score (nSPS) is 12.7. The van der Waals surface area contributed by atoms with Crippen molar-refractivity contribution in [2.75, 3.05) is 11.9 Å². The number of anilines is 1. The summed E-state index contributed by atoms with van der Waals surface area (Å²) in [6, 6.07) is 3.45. The van der Waals surface area contributed by atoms with Gasteiger partial charge >= 0.3 is 6.18 Å². The fourth-order valence-electron chi connectivity index (χ4n) is 1.12. The molecule has 0 spiro atoms. The van der Waals surface area contributed by atoms with Crippen LogP contribution in [-0.4, -0.2) is 6.54 Å². The average Bonchev–Trinajstić information content (AvgIpc) is 2.25. The van der Waals surface area contributed by atoms with Crippen LogP contribution in [0.25, 0.3) is 0 Å². The molecule has 1 rings (SSSR count). The second-order valence-electron chi connectivity index (χ2n) is 3.10. The number of hydrogen-bond donors (Lipinski definition) is 1. The van der Waals surface area contributed by atoms with Crippen LogP contribution in [0, 0.1) is 0 Å². The lowest BCUT2D eigenvalue weighted by atomic mass is 10.1. The Bertz CT molecular complexity index is 429. The largest absolute Gasteiger partial charge is 0.418 e. The van der Waals surface area contributed by atoms with Crippen molar-refractivity contribution in [1.82, 2.24) is 0 Å². The van der Waals surface area contributed by atoms with Gasteiger partial charge in [-0.1, -0.05) is 34.8 Å². The van der Waals surface area contributed by atoms with Crippen molar-refractivity contribution in [2.45, 2.75) is 6.18 Å². The Balaban J connectivity index is 2.99. The molecular weight excluding hydrogens is 297 g/mol. The van der Waals surface area contributed by atoms with Crippen molar-refractivity contribution in [3.05, 3.63) is 39.4 Å². The number of hydrogen-bond acceptors (Lipinski definition) is 1. The van der Waals surface area contributed by atoms with Gasteiger partial charge in [0, 0.05) is 21.3 Å². The molecule has 0 radical (unpaired) electrons. The summed E-state index contributed by atoms with van der Waals surface area (Å²) in [7, 11) is 0. The van der Waals surface area contributed by atoms with Crippen molar-refractivity contribution >= 4 is 40.5 Å². The van der Waals surface area contributed by atoms with Crippen LogP contribution in [0.1, 0.15) is 5.56 Å². The first-order valence-corrected chi connectivity index (χ1v) is 5.59. The molecule has 0 amide bonds. The van der Waals surface area contributed by atoms with Gasteiger partial charge in [0.25, 0.3) is 0 Å². The van der Waals surface area contributed by atoms with Crippen molar-refractivity contribution in [3.8, 4) is 0 Å². The second-order valence-corrected chi connectivity index (χ2v) is 4.24. The van der Waals surface area contributed by atoms with E-state index >= 15 is 0 Å². The molecule has 7 heteroatoms. The number of alkyl halides is 3. The predicted octanol–water partition coefficient (Wildman–Crippen LogP) is 5.09. The number of benzene rings is 1. The van der Waals surface area contributed by atoms with E-state index in [0.29, 0.717) is 0 Å². The Morgan fingerprint density at radius 3 is 2.53 bits per heavy atom. The molecule has 0 fully saturated rings. The summed E-state index contributed by atoms with van der Waals surface area (Å²) in [5.41, 5.74) is 0.139. The zero-order valence-electron chi connectivity index (χ0n) is 8.28. The topological polar surface area (TPSA) is 12.0 Å². The Hall–Kier alpha value is -0.580.